The molecule has 2 N–H and O–H groups in total. The number of nitrogens with one attached hydrogen (secondary N) is 2. The van der Waals surface area contributed by atoms with E-state index in [1.54, 1.807) is 0 Å². The van der Waals surface area contributed by atoms with Crippen molar-refractivity contribution in [3.8, 4) is 0 Å². The molecule has 0 aliphatic heterocycles. The van der Waals surface area contributed by atoms with Crippen LogP contribution in [0.4, 0.5) is 0 Å². The summed E-state index contributed by atoms with van der Waals surface area (Å²) >= 11 is 6.14. The predicted molar refractivity (Wildman–Crippen MR) is 80.3 cm³/mol. The van der Waals surface area contributed by atoms with E-state index in [0.717, 1.165) is 23.7 Å². The Morgan fingerprint density at radius 3 is 2.58 bits per heavy atom. The average Bonchev–Trinajstić information content (AvgIpc) is 2.90. The highest BCUT2D eigenvalue weighted by Crippen LogP contribution is 2.18. The Morgan fingerprint density at radius 1 is 0.895 bits per heavy atom. The summed E-state index contributed by atoms with van der Waals surface area (Å²) in [6.07, 6.45) is 1.97. The summed E-state index contributed by atoms with van der Waals surface area (Å²) in [6, 6.07) is 16.4. The van der Waals surface area contributed by atoms with Gasteiger partial charge in [-0.2, -0.15) is 0 Å². The number of benzene rings is 2. The Labute approximate surface area is 117 Å². The topological polar surface area (TPSA) is 27.8 Å². The fourth-order valence-electron chi connectivity index (χ4n) is 2.28. The fourth-order valence-corrected chi connectivity index (χ4v) is 2.48. The molecule has 0 atom stereocenters. The first-order valence-electron chi connectivity index (χ1n) is 6.34. The predicted octanol–water partition coefficient (Wildman–Crippen LogP) is 4.11. The maximum absolute atomic E-state index is 6.14. The first-order chi connectivity index (χ1) is 9.34. The molecule has 3 aromatic rings. The van der Waals surface area contributed by atoms with Crippen molar-refractivity contribution in [1.82, 2.24) is 10.3 Å². The van der Waals surface area contributed by atoms with Crippen LogP contribution in [-0.4, -0.2) is 4.98 Å². The molecule has 3 heteroatoms. The molecule has 0 spiro atoms. The molecule has 3 rings (SSSR count). The van der Waals surface area contributed by atoms with Crippen LogP contribution in [0.5, 0.6) is 0 Å². The van der Waals surface area contributed by atoms with Crippen molar-refractivity contribution in [3.63, 3.8) is 0 Å². The first kappa shape index (κ1) is 12.3. The van der Waals surface area contributed by atoms with Gasteiger partial charge >= 0.3 is 0 Å². The van der Waals surface area contributed by atoms with Gasteiger partial charge < -0.3 is 10.3 Å². The van der Waals surface area contributed by atoms with Crippen molar-refractivity contribution in [3.05, 3.63) is 70.9 Å². The molecular weight excluding hydrogens is 256 g/mol. The van der Waals surface area contributed by atoms with Crippen LogP contribution in [0.15, 0.2) is 54.7 Å². The average molecular weight is 271 g/mol. The molecule has 0 saturated heterocycles. The smallest absolute Gasteiger partial charge is 0.0457 e. The lowest BCUT2D eigenvalue weighted by molar-refractivity contribution is 0.697. The molecule has 0 unspecified atom stereocenters. The van der Waals surface area contributed by atoms with Crippen LogP contribution in [-0.2, 0) is 13.1 Å². The Bertz CT molecular complexity index is 688. The van der Waals surface area contributed by atoms with Gasteiger partial charge in [0.25, 0.3) is 0 Å². The van der Waals surface area contributed by atoms with Crippen molar-refractivity contribution in [2.45, 2.75) is 13.1 Å². The summed E-state index contributed by atoms with van der Waals surface area (Å²) < 4.78 is 0. The Kier molecular flexibility index (Phi) is 3.53. The standard InChI is InChI=1S/C16H15ClN2/c17-15-6-2-1-4-13(15)11-18-10-12-5-3-7-16-14(12)8-9-19-16/h1-9,18-19H,10-11H2. The van der Waals surface area contributed by atoms with E-state index in [-0.39, 0.29) is 0 Å². The molecule has 0 aliphatic rings. The van der Waals surface area contributed by atoms with E-state index in [2.05, 4.69) is 34.6 Å². The molecule has 2 nitrogen and oxygen atoms in total. The van der Waals surface area contributed by atoms with Crippen LogP contribution < -0.4 is 5.32 Å². The van der Waals surface area contributed by atoms with Crippen molar-refractivity contribution in [2.24, 2.45) is 0 Å². The summed E-state index contributed by atoms with van der Waals surface area (Å²) in [5, 5.41) is 5.53. The number of fused-ring (bicyclic) bond motifs is 1. The Balaban J connectivity index is 1.70. The molecule has 0 amide bonds. The third-order valence-electron chi connectivity index (χ3n) is 3.27. The minimum atomic E-state index is 0.778. The van der Waals surface area contributed by atoms with Crippen LogP contribution in [0.1, 0.15) is 11.1 Å². The molecular formula is C16H15ClN2. The van der Waals surface area contributed by atoms with E-state index in [0.29, 0.717) is 0 Å². The number of aromatic amines is 1. The molecule has 0 bridgehead atoms. The van der Waals surface area contributed by atoms with Gasteiger partial charge in [-0.25, -0.2) is 0 Å². The largest absolute Gasteiger partial charge is 0.361 e. The first-order valence-corrected chi connectivity index (χ1v) is 6.71. The van der Waals surface area contributed by atoms with Crippen LogP contribution in [0, 0.1) is 0 Å². The van der Waals surface area contributed by atoms with E-state index < -0.39 is 0 Å². The van der Waals surface area contributed by atoms with Gasteiger partial charge in [-0.15, -0.1) is 0 Å². The third kappa shape index (κ3) is 2.65. The minimum absolute atomic E-state index is 0.778. The molecule has 2 aromatic carbocycles. The highest BCUT2D eigenvalue weighted by Gasteiger charge is 2.02. The summed E-state index contributed by atoms with van der Waals surface area (Å²) in [6.45, 7) is 1.61. The van der Waals surface area contributed by atoms with Crippen molar-refractivity contribution < 1.29 is 0 Å². The van der Waals surface area contributed by atoms with Crippen LogP contribution in [0.25, 0.3) is 10.9 Å². The maximum atomic E-state index is 6.14. The number of hydrogen-bond donors (Lipinski definition) is 2. The zero-order chi connectivity index (χ0) is 13.1. The molecule has 1 heterocycles. The van der Waals surface area contributed by atoms with Gasteiger partial charge in [0, 0.05) is 35.2 Å². The Morgan fingerprint density at radius 2 is 1.68 bits per heavy atom. The van der Waals surface area contributed by atoms with Gasteiger partial charge in [-0.05, 0) is 29.3 Å². The minimum Gasteiger partial charge on any atom is -0.361 e. The summed E-state index contributed by atoms with van der Waals surface area (Å²) in [5.74, 6) is 0. The number of aromatic nitrogens is 1. The Hall–Kier alpha value is -1.77. The number of H-pyrrole nitrogens is 1. The van der Waals surface area contributed by atoms with E-state index in [1.165, 1.54) is 16.5 Å². The van der Waals surface area contributed by atoms with E-state index in [4.69, 9.17) is 11.6 Å². The lowest BCUT2D eigenvalue weighted by atomic mass is 10.1. The van der Waals surface area contributed by atoms with Gasteiger partial charge in [-0.3, -0.25) is 0 Å². The monoisotopic (exact) mass is 270 g/mol. The van der Waals surface area contributed by atoms with Crippen LogP contribution in [0.2, 0.25) is 5.02 Å². The molecule has 0 radical (unpaired) electrons. The molecule has 19 heavy (non-hydrogen) atoms. The van der Waals surface area contributed by atoms with Gasteiger partial charge in [0.1, 0.15) is 0 Å². The second-order valence-electron chi connectivity index (χ2n) is 4.55. The normalized spacial score (nSPS) is 11.0. The van der Waals surface area contributed by atoms with Crippen molar-refractivity contribution in [1.29, 1.82) is 0 Å². The van der Waals surface area contributed by atoms with Crippen LogP contribution in [0.3, 0.4) is 0 Å². The summed E-state index contributed by atoms with van der Waals surface area (Å²) in [7, 11) is 0. The van der Waals surface area contributed by atoms with Gasteiger partial charge in [-0.1, -0.05) is 41.9 Å². The molecule has 96 valence electrons. The molecule has 0 aliphatic carbocycles. The van der Waals surface area contributed by atoms with E-state index in [9.17, 15) is 0 Å². The van der Waals surface area contributed by atoms with Gasteiger partial charge in [0.15, 0.2) is 0 Å². The highest BCUT2D eigenvalue weighted by atomic mass is 35.5. The fraction of sp³-hybridized carbons (Fsp3) is 0.125. The van der Waals surface area contributed by atoms with Gasteiger partial charge in [0.05, 0.1) is 0 Å². The van der Waals surface area contributed by atoms with Crippen molar-refractivity contribution >= 4 is 22.5 Å². The molecule has 0 fully saturated rings. The van der Waals surface area contributed by atoms with Crippen LogP contribution >= 0.6 is 11.6 Å². The highest BCUT2D eigenvalue weighted by molar-refractivity contribution is 6.31. The SMILES string of the molecule is Clc1ccccc1CNCc1cccc2[nH]ccc12. The number of hydrogen-bond acceptors (Lipinski definition) is 1. The maximum Gasteiger partial charge on any atom is 0.0457 e. The third-order valence-corrected chi connectivity index (χ3v) is 3.64. The lowest BCUT2D eigenvalue weighted by Gasteiger charge is -2.07. The second kappa shape index (κ2) is 5.47. The second-order valence-corrected chi connectivity index (χ2v) is 4.96. The zero-order valence-corrected chi connectivity index (χ0v) is 11.2. The number of rotatable bonds is 4. The summed E-state index contributed by atoms with van der Waals surface area (Å²) in [5.41, 5.74) is 3.60. The van der Waals surface area contributed by atoms with E-state index >= 15 is 0 Å². The molecule has 0 saturated carbocycles. The van der Waals surface area contributed by atoms with Gasteiger partial charge in [0.2, 0.25) is 0 Å². The number of halogens is 1. The zero-order valence-electron chi connectivity index (χ0n) is 10.5. The lowest BCUT2D eigenvalue weighted by Crippen LogP contribution is -2.13. The van der Waals surface area contributed by atoms with E-state index in [1.807, 2.05) is 30.5 Å². The quantitative estimate of drug-likeness (QED) is 0.734. The molecule has 1 aromatic heterocycles. The van der Waals surface area contributed by atoms with Crippen molar-refractivity contribution in [2.75, 3.05) is 0 Å². The summed E-state index contributed by atoms with van der Waals surface area (Å²) in [4.78, 5) is 3.23.